The van der Waals surface area contributed by atoms with Crippen LogP contribution in [0.3, 0.4) is 0 Å². The van der Waals surface area contributed by atoms with Crippen molar-refractivity contribution < 1.29 is 23.8 Å². The molecule has 0 bridgehead atoms. The molecule has 186 valence electrons. The fourth-order valence-electron chi connectivity index (χ4n) is 4.14. The summed E-state index contributed by atoms with van der Waals surface area (Å²) in [4.78, 5) is 29.4. The molecule has 1 aliphatic heterocycles. The molecule has 2 heterocycles. The van der Waals surface area contributed by atoms with E-state index in [-0.39, 0.29) is 11.9 Å². The van der Waals surface area contributed by atoms with Gasteiger partial charge in [-0.15, -0.1) is 11.3 Å². The number of thiophene rings is 1. The van der Waals surface area contributed by atoms with E-state index in [0.29, 0.717) is 29.4 Å². The number of rotatable bonds is 10. The minimum atomic E-state index is -0.711. The van der Waals surface area contributed by atoms with Crippen molar-refractivity contribution in [1.29, 1.82) is 0 Å². The topological polar surface area (TPSA) is 89.1 Å². The van der Waals surface area contributed by atoms with E-state index in [4.69, 9.17) is 14.2 Å². The maximum atomic E-state index is 12.9. The molecule has 34 heavy (non-hydrogen) atoms. The number of benzene rings is 1. The minimum absolute atomic E-state index is 0.134. The van der Waals surface area contributed by atoms with E-state index in [1.54, 1.807) is 30.4 Å². The van der Waals surface area contributed by atoms with Crippen LogP contribution in [0.25, 0.3) is 0 Å². The van der Waals surface area contributed by atoms with Gasteiger partial charge >= 0.3 is 0 Å². The molecule has 1 aromatic heterocycles. The summed E-state index contributed by atoms with van der Waals surface area (Å²) in [5.41, 5.74) is 0.313. The molecule has 1 aliphatic rings. The zero-order valence-electron chi connectivity index (χ0n) is 20.6. The maximum Gasteiger partial charge on any atom is 0.252 e. The van der Waals surface area contributed by atoms with Crippen LogP contribution in [0.1, 0.15) is 48.0 Å². The molecule has 1 saturated heterocycles. The molecule has 2 atom stereocenters. The third kappa shape index (κ3) is 6.21. The lowest BCUT2D eigenvalue weighted by atomic mass is 9.97. The monoisotopic (exact) mass is 489 g/mol. The first kappa shape index (κ1) is 25.8. The van der Waals surface area contributed by atoms with Gasteiger partial charge < -0.3 is 24.8 Å². The lowest BCUT2D eigenvalue weighted by Crippen LogP contribution is -2.48. The Morgan fingerprint density at radius 3 is 2.29 bits per heavy atom. The highest BCUT2D eigenvalue weighted by Crippen LogP contribution is 2.38. The molecule has 0 radical (unpaired) electrons. The molecule has 0 saturated carbocycles. The van der Waals surface area contributed by atoms with E-state index >= 15 is 0 Å². The van der Waals surface area contributed by atoms with Gasteiger partial charge in [-0.25, -0.2) is 0 Å². The van der Waals surface area contributed by atoms with Crippen molar-refractivity contribution >= 4 is 23.2 Å². The van der Waals surface area contributed by atoms with Gasteiger partial charge in [-0.1, -0.05) is 13.0 Å². The highest BCUT2D eigenvalue weighted by molar-refractivity contribution is 7.10. The van der Waals surface area contributed by atoms with Crippen molar-refractivity contribution in [3.05, 3.63) is 40.1 Å². The van der Waals surface area contributed by atoms with Gasteiger partial charge in [-0.2, -0.15) is 0 Å². The second-order valence-corrected chi connectivity index (χ2v) is 9.58. The van der Waals surface area contributed by atoms with Crippen LogP contribution >= 0.6 is 11.3 Å². The number of piperidine rings is 1. The molecule has 0 aliphatic carbocycles. The zero-order valence-corrected chi connectivity index (χ0v) is 21.4. The normalized spacial score (nSPS) is 16.4. The van der Waals surface area contributed by atoms with E-state index in [1.807, 2.05) is 6.07 Å². The fourth-order valence-corrected chi connectivity index (χ4v) is 5.00. The van der Waals surface area contributed by atoms with E-state index in [1.165, 1.54) is 26.2 Å². The SMILES string of the molecule is COc1cc(C(=O)N[C@H](C)C(=O)NC[C@@H](c2cccs2)N2CCC(C)CC2)cc(OC)c1OC. The molecule has 2 amide bonds. The zero-order chi connectivity index (χ0) is 24.7. The van der Waals surface area contributed by atoms with Crippen LogP contribution in [0.5, 0.6) is 17.2 Å². The molecule has 1 fully saturated rings. The first-order valence-corrected chi connectivity index (χ1v) is 12.4. The summed E-state index contributed by atoms with van der Waals surface area (Å²) in [6.07, 6.45) is 2.33. The summed E-state index contributed by atoms with van der Waals surface area (Å²) in [5, 5.41) is 7.87. The number of nitrogens with one attached hydrogen (secondary N) is 2. The lowest BCUT2D eigenvalue weighted by molar-refractivity contribution is -0.122. The Morgan fingerprint density at radius 1 is 1.12 bits per heavy atom. The molecule has 9 heteroatoms. The second kappa shape index (κ2) is 12.1. The molecule has 2 N–H and O–H groups in total. The van der Waals surface area contributed by atoms with Crippen molar-refractivity contribution in [2.75, 3.05) is 41.0 Å². The first-order chi connectivity index (χ1) is 16.4. The molecule has 3 rings (SSSR count). The van der Waals surface area contributed by atoms with Gasteiger partial charge in [0, 0.05) is 17.0 Å². The van der Waals surface area contributed by atoms with Crippen molar-refractivity contribution in [1.82, 2.24) is 15.5 Å². The minimum Gasteiger partial charge on any atom is -0.493 e. The van der Waals surface area contributed by atoms with Crippen LogP contribution in [0, 0.1) is 5.92 Å². The number of nitrogens with zero attached hydrogens (tertiary/aromatic N) is 1. The van der Waals surface area contributed by atoms with Gasteiger partial charge in [0.2, 0.25) is 11.7 Å². The highest BCUT2D eigenvalue weighted by atomic mass is 32.1. The number of hydrogen-bond acceptors (Lipinski definition) is 7. The summed E-state index contributed by atoms with van der Waals surface area (Å²) in [6, 6.07) is 6.71. The van der Waals surface area contributed by atoms with Gasteiger partial charge in [0.15, 0.2) is 11.5 Å². The van der Waals surface area contributed by atoms with Gasteiger partial charge in [-0.05, 0) is 62.4 Å². The number of carbonyl (C=O) groups is 2. The van der Waals surface area contributed by atoms with Crippen molar-refractivity contribution in [2.24, 2.45) is 5.92 Å². The summed E-state index contributed by atoms with van der Waals surface area (Å²) in [5.74, 6) is 1.26. The number of methoxy groups -OCH3 is 3. The standard InChI is InChI=1S/C25H35N3O5S/c1-16-8-10-28(11-9-16)19(22-7-6-12-34-22)15-26-24(29)17(2)27-25(30)18-13-20(31-3)23(33-5)21(14-18)32-4/h6-7,12-14,16-17,19H,8-11,15H2,1-5H3,(H,26,29)(H,27,30)/t17-,19+/m1/s1. The van der Waals surface area contributed by atoms with Crippen LogP contribution < -0.4 is 24.8 Å². The van der Waals surface area contributed by atoms with Gasteiger partial charge in [0.25, 0.3) is 5.91 Å². The van der Waals surface area contributed by atoms with Crippen molar-refractivity contribution in [3.8, 4) is 17.2 Å². The van der Waals surface area contributed by atoms with E-state index < -0.39 is 11.9 Å². The smallest absolute Gasteiger partial charge is 0.252 e. The Kier molecular flexibility index (Phi) is 9.18. The molecular formula is C25H35N3O5S. The number of ether oxygens (including phenoxy) is 3. The number of amides is 2. The Labute approximate surface area is 205 Å². The van der Waals surface area contributed by atoms with Crippen LogP contribution in [0.4, 0.5) is 0 Å². The molecular weight excluding hydrogens is 454 g/mol. The molecule has 0 unspecified atom stereocenters. The molecule has 0 spiro atoms. The lowest BCUT2D eigenvalue weighted by Gasteiger charge is -2.36. The Bertz CT molecular complexity index is 932. The van der Waals surface area contributed by atoms with Crippen molar-refractivity contribution in [2.45, 2.75) is 38.8 Å². The summed E-state index contributed by atoms with van der Waals surface area (Å²) in [7, 11) is 4.48. The predicted molar refractivity (Wildman–Crippen MR) is 133 cm³/mol. The molecule has 1 aromatic carbocycles. The summed E-state index contributed by atoms with van der Waals surface area (Å²) in [6.45, 7) is 6.50. The third-order valence-corrected chi connectivity index (χ3v) is 7.24. The van der Waals surface area contributed by atoms with Gasteiger partial charge in [0.1, 0.15) is 6.04 Å². The maximum absolute atomic E-state index is 12.9. The Morgan fingerprint density at radius 2 is 1.76 bits per heavy atom. The summed E-state index contributed by atoms with van der Waals surface area (Å²) >= 11 is 1.71. The van der Waals surface area contributed by atoms with Crippen LogP contribution in [0.15, 0.2) is 29.6 Å². The van der Waals surface area contributed by atoms with Crippen molar-refractivity contribution in [3.63, 3.8) is 0 Å². The van der Waals surface area contributed by atoms with Crippen LogP contribution in [0.2, 0.25) is 0 Å². The average Bonchev–Trinajstić information content (AvgIpc) is 3.38. The van der Waals surface area contributed by atoms with E-state index in [0.717, 1.165) is 31.8 Å². The van der Waals surface area contributed by atoms with Crippen LogP contribution in [-0.4, -0.2) is 63.7 Å². The largest absolute Gasteiger partial charge is 0.493 e. The van der Waals surface area contributed by atoms with Crippen LogP contribution in [-0.2, 0) is 4.79 Å². The van der Waals surface area contributed by atoms with E-state index in [2.05, 4.69) is 33.9 Å². The first-order valence-electron chi connectivity index (χ1n) is 11.5. The number of carbonyl (C=O) groups excluding carboxylic acids is 2. The number of likely N-dealkylation sites (tertiary alicyclic amines) is 1. The third-order valence-electron chi connectivity index (χ3n) is 6.27. The fraction of sp³-hybridized carbons (Fsp3) is 0.520. The number of hydrogen-bond donors (Lipinski definition) is 2. The van der Waals surface area contributed by atoms with Gasteiger partial charge in [0.05, 0.1) is 27.4 Å². The Hall–Kier alpha value is -2.78. The average molecular weight is 490 g/mol. The predicted octanol–water partition coefficient (Wildman–Crippen LogP) is 3.48. The Balaban J connectivity index is 1.63. The van der Waals surface area contributed by atoms with E-state index in [9.17, 15) is 9.59 Å². The highest BCUT2D eigenvalue weighted by Gasteiger charge is 2.27. The van der Waals surface area contributed by atoms with Gasteiger partial charge in [-0.3, -0.25) is 14.5 Å². The second-order valence-electron chi connectivity index (χ2n) is 8.60. The molecule has 2 aromatic rings. The summed E-state index contributed by atoms with van der Waals surface area (Å²) < 4.78 is 15.9. The quantitative estimate of drug-likeness (QED) is 0.531. The molecule has 8 nitrogen and oxygen atoms in total.